The van der Waals surface area contributed by atoms with Crippen molar-refractivity contribution in [1.82, 2.24) is 9.80 Å². The van der Waals surface area contributed by atoms with E-state index in [4.69, 9.17) is 9.47 Å². The zero-order valence-electron chi connectivity index (χ0n) is 17.5. The van der Waals surface area contributed by atoms with Gasteiger partial charge in [0.15, 0.2) is 0 Å². The molecule has 152 valence electrons. The van der Waals surface area contributed by atoms with Gasteiger partial charge in [0.25, 0.3) is 0 Å². The van der Waals surface area contributed by atoms with Crippen molar-refractivity contribution in [3.05, 3.63) is 42.5 Å². The van der Waals surface area contributed by atoms with Crippen molar-refractivity contribution >= 4 is 16.9 Å². The third kappa shape index (κ3) is 5.38. The van der Waals surface area contributed by atoms with Crippen molar-refractivity contribution < 1.29 is 14.3 Å². The Bertz CT molecular complexity index is 787. The van der Waals surface area contributed by atoms with Crippen molar-refractivity contribution in [2.24, 2.45) is 0 Å². The largest absolute Gasteiger partial charge is 0.492 e. The molecule has 28 heavy (non-hydrogen) atoms. The molecule has 0 N–H and O–H groups in total. The molecule has 1 fully saturated rings. The molecule has 5 heteroatoms. The van der Waals surface area contributed by atoms with Crippen LogP contribution >= 0.6 is 0 Å². The Kier molecular flexibility index (Phi) is 6.45. The summed E-state index contributed by atoms with van der Waals surface area (Å²) in [5.74, 6) is 0.942. The van der Waals surface area contributed by atoms with Crippen LogP contribution < -0.4 is 4.74 Å². The van der Waals surface area contributed by atoms with Gasteiger partial charge in [0, 0.05) is 38.1 Å². The number of hydrogen-bond acceptors (Lipinski definition) is 4. The predicted molar refractivity (Wildman–Crippen MR) is 113 cm³/mol. The summed E-state index contributed by atoms with van der Waals surface area (Å²) in [4.78, 5) is 16.4. The van der Waals surface area contributed by atoms with Gasteiger partial charge in [-0.3, -0.25) is 4.90 Å². The lowest BCUT2D eigenvalue weighted by molar-refractivity contribution is 0.0147. The highest BCUT2D eigenvalue weighted by Crippen LogP contribution is 2.25. The second-order valence-corrected chi connectivity index (χ2v) is 8.49. The molecule has 0 atom stereocenters. The molecule has 2 aromatic rings. The Hall–Kier alpha value is -2.27. The minimum atomic E-state index is -0.453. The van der Waals surface area contributed by atoms with E-state index in [1.54, 1.807) is 4.90 Å². The second kappa shape index (κ2) is 8.82. The molecule has 0 aromatic heterocycles. The highest BCUT2D eigenvalue weighted by atomic mass is 16.6. The molecule has 0 radical (unpaired) electrons. The number of likely N-dealkylation sites (tertiary alicyclic amines) is 1. The molecule has 0 saturated carbocycles. The van der Waals surface area contributed by atoms with Crippen molar-refractivity contribution in [3.8, 4) is 5.75 Å². The molecule has 0 bridgehead atoms. The van der Waals surface area contributed by atoms with Crippen LogP contribution in [0.15, 0.2) is 42.5 Å². The molecule has 1 aliphatic heterocycles. The number of carbonyl (C=O) groups excluding carboxylic acids is 1. The van der Waals surface area contributed by atoms with E-state index in [1.807, 2.05) is 52.1 Å². The molecule has 1 amide bonds. The van der Waals surface area contributed by atoms with Crippen LogP contribution in [0.2, 0.25) is 0 Å². The smallest absolute Gasteiger partial charge is 0.410 e. The van der Waals surface area contributed by atoms with Gasteiger partial charge in [0.1, 0.15) is 18.0 Å². The first-order chi connectivity index (χ1) is 13.3. The van der Waals surface area contributed by atoms with Crippen LogP contribution in [0.3, 0.4) is 0 Å². The monoisotopic (exact) mass is 384 g/mol. The zero-order valence-corrected chi connectivity index (χ0v) is 17.5. The number of fused-ring (bicyclic) bond motifs is 1. The second-order valence-electron chi connectivity index (χ2n) is 8.49. The van der Waals surface area contributed by atoms with E-state index in [-0.39, 0.29) is 12.1 Å². The molecule has 1 aliphatic rings. The predicted octanol–water partition coefficient (Wildman–Crippen LogP) is 4.55. The van der Waals surface area contributed by atoms with Crippen LogP contribution in [0.4, 0.5) is 4.79 Å². The van der Waals surface area contributed by atoms with Crippen LogP contribution in [0.25, 0.3) is 10.8 Å². The SMILES string of the molecule is CN(C(=O)OC(C)(C)C)C1CCN(CCOc2cccc3ccccc23)CC1. The van der Waals surface area contributed by atoms with E-state index in [2.05, 4.69) is 23.1 Å². The summed E-state index contributed by atoms with van der Waals surface area (Å²) >= 11 is 0. The summed E-state index contributed by atoms with van der Waals surface area (Å²) < 4.78 is 11.5. The first-order valence-corrected chi connectivity index (χ1v) is 10.1. The van der Waals surface area contributed by atoms with E-state index in [0.717, 1.165) is 43.6 Å². The van der Waals surface area contributed by atoms with Crippen molar-refractivity contribution in [2.45, 2.75) is 45.3 Å². The molecule has 3 rings (SSSR count). The van der Waals surface area contributed by atoms with E-state index in [0.29, 0.717) is 6.61 Å². The maximum absolute atomic E-state index is 12.2. The number of ether oxygens (including phenoxy) is 2. The first-order valence-electron chi connectivity index (χ1n) is 10.1. The molecular formula is C23H32N2O3. The number of carbonyl (C=O) groups is 1. The number of amides is 1. The van der Waals surface area contributed by atoms with Gasteiger partial charge in [-0.1, -0.05) is 36.4 Å². The maximum Gasteiger partial charge on any atom is 0.410 e. The highest BCUT2D eigenvalue weighted by Gasteiger charge is 2.28. The Morgan fingerprint density at radius 3 is 2.50 bits per heavy atom. The fourth-order valence-electron chi connectivity index (χ4n) is 3.62. The minimum Gasteiger partial charge on any atom is -0.492 e. The Labute approximate surface area is 168 Å². The van der Waals surface area contributed by atoms with E-state index in [9.17, 15) is 4.79 Å². The van der Waals surface area contributed by atoms with Gasteiger partial charge in [0.05, 0.1) is 0 Å². The molecule has 2 aromatic carbocycles. The fourth-order valence-corrected chi connectivity index (χ4v) is 3.62. The Morgan fingerprint density at radius 1 is 1.11 bits per heavy atom. The third-order valence-electron chi connectivity index (χ3n) is 5.20. The fraction of sp³-hybridized carbons (Fsp3) is 0.522. The van der Waals surface area contributed by atoms with Crippen molar-refractivity contribution in [3.63, 3.8) is 0 Å². The Balaban J connectivity index is 1.44. The van der Waals surface area contributed by atoms with Gasteiger partial charge in [-0.25, -0.2) is 4.79 Å². The average Bonchev–Trinajstić information content (AvgIpc) is 2.67. The lowest BCUT2D eigenvalue weighted by Gasteiger charge is -2.37. The van der Waals surface area contributed by atoms with Crippen LogP contribution in [0.1, 0.15) is 33.6 Å². The summed E-state index contributed by atoms with van der Waals surface area (Å²) in [5.41, 5.74) is -0.453. The van der Waals surface area contributed by atoms with Crippen molar-refractivity contribution in [1.29, 1.82) is 0 Å². The van der Waals surface area contributed by atoms with E-state index >= 15 is 0 Å². The van der Waals surface area contributed by atoms with Gasteiger partial charge in [0.2, 0.25) is 0 Å². The number of benzene rings is 2. The van der Waals surface area contributed by atoms with Gasteiger partial charge in [-0.2, -0.15) is 0 Å². The highest BCUT2D eigenvalue weighted by molar-refractivity contribution is 5.88. The third-order valence-corrected chi connectivity index (χ3v) is 5.20. The topological polar surface area (TPSA) is 42.0 Å². The van der Waals surface area contributed by atoms with Crippen molar-refractivity contribution in [2.75, 3.05) is 33.3 Å². The standard InChI is InChI=1S/C23H32N2O3/c1-23(2,3)28-22(26)24(4)19-12-14-25(15-13-19)16-17-27-21-11-7-9-18-8-5-6-10-20(18)21/h5-11,19H,12-17H2,1-4H3. The molecule has 1 saturated heterocycles. The maximum atomic E-state index is 12.2. The van der Waals surface area contributed by atoms with Gasteiger partial charge in [-0.15, -0.1) is 0 Å². The van der Waals surface area contributed by atoms with Crippen LogP contribution in [-0.2, 0) is 4.74 Å². The van der Waals surface area contributed by atoms with Gasteiger partial charge < -0.3 is 14.4 Å². The van der Waals surface area contributed by atoms with E-state index < -0.39 is 5.60 Å². The number of piperidine rings is 1. The number of nitrogens with zero attached hydrogens (tertiary/aromatic N) is 2. The van der Waals surface area contributed by atoms with Crippen LogP contribution in [-0.4, -0.2) is 60.8 Å². The minimum absolute atomic E-state index is 0.231. The molecular weight excluding hydrogens is 352 g/mol. The molecule has 5 nitrogen and oxygen atoms in total. The Morgan fingerprint density at radius 2 is 1.79 bits per heavy atom. The van der Waals surface area contributed by atoms with Crippen LogP contribution in [0, 0.1) is 0 Å². The lowest BCUT2D eigenvalue weighted by atomic mass is 10.0. The first kappa shape index (κ1) is 20.5. The summed E-state index contributed by atoms with van der Waals surface area (Å²) in [5, 5.41) is 2.36. The molecule has 0 spiro atoms. The van der Waals surface area contributed by atoms with Gasteiger partial charge in [-0.05, 0) is 45.1 Å². The summed E-state index contributed by atoms with van der Waals surface area (Å²) in [6.45, 7) is 9.20. The summed E-state index contributed by atoms with van der Waals surface area (Å²) in [7, 11) is 1.85. The summed E-state index contributed by atoms with van der Waals surface area (Å²) in [6.07, 6.45) is 1.69. The number of hydrogen-bond donors (Lipinski definition) is 0. The quantitative estimate of drug-likeness (QED) is 0.758. The zero-order chi connectivity index (χ0) is 20.1. The van der Waals surface area contributed by atoms with Crippen LogP contribution in [0.5, 0.6) is 5.75 Å². The molecule has 0 aliphatic carbocycles. The number of rotatable bonds is 5. The molecule has 1 heterocycles. The summed E-state index contributed by atoms with van der Waals surface area (Å²) in [6, 6.07) is 14.7. The van der Waals surface area contributed by atoms with Gasteiger partial charge >= 0.3 is 6.09 Å². The molecule has 0 unspecified atom stereocenters. The van der Waals surface area contributed by atoms with E-state index in [1.165, 1.54) is 5.39 Å². The average molecular weight is 385 g/mol. The normalized spacial score (nSPS) is 16.1. The lowest BCUT2D eigenvalue weighted by Crippen LogP contribution is -2.47.